The van der Waals surface area contributed by atoms with Crippen LogP contribution in [-0.4, -0.2) is 14.2 Å². The highest BCUT2D eigenvalue weighted by Crippen LogP contribution is 2.47. The van der Waals surface area contributed by atoms with Crippen molar-refractivity contribution in [2.24, 2.45) is 0 Å². The van der Waals surface area contributed by atoms with Gasteiger partial charge in [-0.1, -0.05) is 71.9 Å². The number of hydrogen-bond acceptors (Lipinski definition) is 3. The van der Waals surface area contributed by atoms with Gasteiger partial charge in [-0.15, -0.1) is 0 Å². The SMILES string of the molecule is COc1cc2c(cc1OC)N([O])C(c1ccccc1)(c1ccccc1)C=C2. The third-order valence-electron chi connectivity index (χ3n) is 5.00. The van der Waals surface area contributed by atoms with Crippen molar-refractivity contribution in [3.05, 3.63) is 95.6 Å². The van der Waals surface area contributed by atoms with E-state index >= 15 is 0 Å². The molecule has 0 spiro atoms. The summed E-state index contributed by atoms with van der Waals surface area (Å²) in [5, 5.41) is 14.8. The van der Waals surface area contributed by atoms with Gasteiger partial charge in [-0.25, -0.2) is 5.06 Å². The Kier molecular flexibility index (Phi) is 4.34. The predicted molar refractivity (Wildman–Crippen MR) is 105 cm³/mol. The van der Waals surface area contributed by atoms with Crippen LogP contribution in [0.4, 0.5) is 5.69 Å². The summed E-state index contributed by atoms with van der Waals surface area (Å²) < 4.78 is 10.8. The average Bonchev–Trinajstić information content (AvgIpc) is 2.74. The highest BCUT2D eigenvalue weighted by atomic mass is 16.5. The smallest absolute Gasteiger partial charge is 0.162 e. The minimum absolute atomic E-state index is 0.530. The number of methoxy groups -OCH3 is 2. The van der Waals surface area contributed by atoms with Gasteiger partial charge >= 0.3 is 0 Å². The minimum atomic E-state index is -0.949. The van der Waals surface area contributed by atoms with Crippen molar-refractivity contribution in [3.8, 4) is 11.5 Å². The summed E-state index contributed by atoms with van der Waals surface area (Å²) in [4.78, 5) is 0. The first-order valence-electron chi connectivity index (χ1n) is 8.74. The molecule has 3 aromatic carbocycles. The lowest BCUT2D eigenvalue weighted by atomic mass is 9.79. The van der Waals surface area contributed by atoms with Gasteiger partial charge in [0.05, 0.1) is 19.9 Å². The van der Waals surface area contributed by atoms with E-state index in [1.165, 1.54) is 0 Å². The monoisotopic (exact) mass is 358 g/mol. The molecule has 0 unspecified atom stereocenters. The van der Waals surface area contributed by atoms with Crippen LogP contribution in [0.3, 0.4) is 0 Å². The lowest BCUT2D eigenvalue weighted by molar-refractivity contribution is 0.112. The van der Waals surface area contributed by atoms with Gasteiger partial charge in [0.15, 0.2) is 11.5 Å². The molecule has 0 N–H and O–H groups in total. The van der Waals surface area contributed by atoms with Crippen molar-refractivity contribution in [3.63, 3.8) is 0 Å². The lowest BCUT2D eigenvalue weighted by Crippen LogP contribution is -2.44. The van der Waals surface area contributed by atoms with Crippen LogP contribution < -0.4 is 14.5 Å². The molecule has 4 heteroatoms. The number of fused-ring (bicyclic) bond motifs is 1. The number of benzene rings is 3. The highest BCUT2D eigenvalue weighted by Gasteiger charge is 2.42. The molecule has 0 bridgehead atoms. The van der Waals surface area contributed by atoms with Crippen molar-refractivity contribution in [1.29, 1.82) is 0 Å². The molecule has 4 rings (SSSR count). The third-order valence-corrected chi connectivity index (χ3v) is 5.00. The van der Waals surface area contributed by atoms with Crippen LogP contribution in [0.2, 0.25) is 0 Å². The Bertz CT molecular complexity index is 928. The maximum atomic E-state index is 13.8. The molecule has 1 aliphatic heterocycles. The summed E-state index contributed by atoms with van der Waals surface area (Å²) in [6.07, 6.45) is 3.94. The molecule has 0 aromatic heterocycles. The molecule has 1 heterocycles. The van der Waals surface area contributed by atoms with Crippen molar-refractivity contribution in [2.45, 2.75) is 5.54 Å². The number of rotatable bonds is 4. The van der Waals surface area contributed by atoms with E-state index in [0.717, 1.165) is 21.8 Å². The first kappa shape index (κ1) is 17.2. The normalized spacial score (nSPS) is 14.6. The van der Waals surface area contributed by atoms with E-state index in [4.69, 9.17) is 9.47 Å². The quantitative estimate of drug-likeness (QED) is 0.671. The molecule has 0 amide bonds. The van der Waals surface area contributed by atoms with Crippen LogP contribution in [0, 0.1) is 0 Å². The molecule has 0 aliphatic carbocycles. The lowest BCUT2D eigenvalue weighted by Gasteiger charge is -2.41. The van der Waals surface area contributed by atoms with E-state index in [2.05, 4.69) is 0 Å². The van der Waals surface area contributed by atoms with E-state index < -0.39 is 5.54 Å². The molecule has 4 nitrogen and oxygen atoms in total. The van der Waals surface area contributed by atoms with Crippen molar-refractivity contribution >= 4 is 11.8 Å². The van der Waals surface area contributed by atoms with Crippen LogP contribution in [0.5, 0.6) is 11.5 Å². The first-order valence-corrected chi connectivity index (χ1v) is 8.74. The largest absolute Gasteiger partial charge is 0.493 e. The molecule has 0 fully saturated rings. The second kappa shape index (κ2) is 6.82. The Balaban J connectivity index is 1.96. The molecule has 0 saturated carbocycles. The van der Waals surface area contributed by atoms with E-state index in [1.807, 2.05) is 78.9 Å². The summed E-state index contributed by atoms with van der Waals surface area (Å²) in [5.74, 6) is 1.13. The number of anilines is 1. The summed E-state index contributed by atoms with van der Waals surface area (Å²) in [5.41, 5.74) is 2.20. The predicted octanol–water partition coefficient (Wildman–Crippen LogP) is 4.83. The van der Waals surface area contributed by atoms with Gasteiger partial charge in [-0.05, 0) is 23.3 Å². The number of nitrogens with zero attached hydrogens (tertiary/aromatic N) is 1. The fourth-order valence-electron chi connectivity index (χ4n) is 3.64. The molecule has 27 heavy (non-hydrogen) atoms. The van der Waals surface area contributed by atoms with Crippen LogP contribution in [0.25, 0.3) is 6.08 Å². The fourth-order valence-corrected chi connectivity index (χ4v) is 3.64. The minimum Gasteiger partial charge on any atom is -0.493 e. The fraction of sp³-hybridized carbons (Fsp3) is 0.130. The highest BCUT2D eigenvalue weighted by molar-refractivity contribution is 5.78. The third kappa shape index (κ3) is 2.66. The maximum Gasteiger partial charge on any atom is 0.162 e. The Hall–Kier alpha value is -3.24. The van der Waals surface area contributed by atoms with Gasteiger partial charge in [0, 0.05) is 11.6 Å². The van der Waals surface area contributed by atoms with Crippen LogP contribution in [-0.2, 0) is 10.7 Å². The summed E-state index contributed by atoms with van der Waals surface area (Å²) in [6.45, 7) is 0. The number of hydrogen-bond donors (Lipinski definition) is 0. The maximum absolute atomic E-state index is 13.8. The van der Waals surface area contributed by atoms with Gasteiger partial charge < -0.3 is 9.47 Å². The average molecular weight is 358 g/mol. The molecule has 3 aromatic rings. The Morgan fingerprint density at radius 1 is 0.778 bits per heavy atom. The van der Waals surface area contributed by atoms with Crippen LogP contribution in [0.1, 0.15) is 16.7 Å². The van der Waals surface area contributed by atoms with Crippen molar-refractivity contribution in [2.75, 3.05) is 19.3 Å². The summed E-state index contributed by atoms with van der Waals surface area (Å²) in [7, 11) is 3.16. The Morgan fingerprint density at radius 3 is 1.81 bits per heavy atom. The number of hydroxylamine groups is 1. The molecule has 1 radical (unpaired) electrons. The van der Waals surface area contributed by atoms with Gasteiger partial charge in [0.1, 0.15) is 5.54 Å². The first-order chi connectivity index (χ1) is 13.2. The Labute approximate surface area is 158 Å². The van der Waals surface area contributed by atoms with E-state index in [0.29, 0.717) is 17.2 Å². The van der Waals surface area contributed by atoms with Gasteiger partial charge in [-0.2, -0.15) is 0 Å². The molecule has 1 aliphatic rings. The van der Waals surface area contributed by atoms with Crippen molar-refractivity contribution in [1.82, 2.24) is 0 Å². The zero-order valence-corrected chi connectivity index (χ0v) is 15.3. The van der Waals surface area contributed by atoms with Gasteiger partial charge in [0.2, 0.25) is 0 Å². The molecular formula is C23H20NO3. The van der Waals surface area contributed by atoms with Gasteiger partial charge in [-0.3, -0.25) is 0 Å². The summed E-state index contributed by atoms with van der Waals surface area (Å²) in [6, 6.07) is 23.2. The van der Waals surface area contributed by atoms with Gasteiger partial charge in [0.25, 0.3) is 0 Å². The summed E-state index contributed by atoms with van der Waals surface area (Å²) >= 11 is 0. The van der Waals surface area contributed by atoms with Crippen LogP contribution in [0.15, 0.2) is 78.9 Å². The molecule has 0 atom stereocenters. The van der Waals surface area contributed by atoms with E-state index in [9.17, 15) is 5.21 Å². The van der Waals surface area contributed by atoms with E-state index in [1.54, 1.807) is 20.3 Å². The molecule has 135 valence electrons. The zero-order valence-electron chi connectivity index (χ0n) is 15.3. The molecule has 0 saturated heterocycles. The van der Waals surface area contributed by atoms with E-state index in [-0.39, 0.29) is 0 Å². The topological polar surface area (TPSA) is 41.6 Å². The molecular weight excluding hydrogens is 338 g/mol. The number of ether oxygens (including phenoxy) is 2. The zero-order chi connectivity index (χ0) is 18.9. The standard InChI is InChI=1S/C23H20NO3/c1-26-21-15-17-13-14-23(18-9-5-3-6-10-18,19-11-7-4-8-12-19)24(25)20(17)16-22(21)27-2/h3-16H,1-2H3. The Morgan fingerprint density at radius 2 is 1.30 bits per heavy atom. The second-order valence-electron chi connectivity index (χ2n) is 6.39. The van der Waals surface area contributed by atoms with Crippen molar-refractivity contribution < 1.29 is 14.7 Å². The van der Waals surface area contributed by atoms with Crippen LogP contribution >= 0.6 is 0 Å². The second-order valence-corrected chi connectivity index (χ2v) is 6.39.